The van der Waals surface area contributed by atoms with Gasteiger partial charge >= 0.3 is 0 Å². The summed E-state index contributed by atoms with van der Waals surface area (Å²) >= 11 is 0. The molecule has 0 aliphatic heterocycles. The van der Waals surface area contributed by atoms with Crippen LogP contribution in [0.1, 0.15) is 37.0 Å². The van der Waals surface area contributed by atoms with E-state index in [9.17, 15) is 0 Å². The van der Waals surface area contributed by atoms with Gasteiger partial charge in [0.15, 0.2) is 5.96 Å². The molecule has 2 aromatic rings. The van der Waals surface area contributed by atoms with Gasteiger partial charge in [-0.25, -0.2) is 4.99 Å². The summed E-state index contributed by atoms with van der Waals surface area (Å²) in [7, 11) is 0. The van der Waals surface area contributed by atoms with Gasteiger partial charge in [-0.05, 0) is 29.0 Å². The van der Waals surface area contributed by atoms with Crippen molar-refractivity contribution in [2.24, 2.45) is 16.6 Å². The van der Waals surface area contributed by atoms with Crippen LogP contribution in [0.3, 0.4) is 0 Å². The van der Waals surface area contributed by atoms with E-state index in [-0.39, 0.29) is 24.0 Å². The third-order valence-corrected chi connectivity index (χ3v) is 3.94. The average molecular weight is 467 g/mol. The zero-order valence-corrected chi connectivity index (χ0v) is 18.0. The lowest BCUT2D eigenvalue weighted by Gasteiger charge is -2.10. The van der Waals surface area contributed by atoms with E-state index in [1.54, 1.807) is 0 Å². The lowest BCUT2D eigenvalue weighted by molar-refractivity contribution is 0.106. The largest absolute Gasteiger partial charge is 0.372 e. The van der Waals surface area contributed by atoms with E-state index in [1.807, 2.05) is 30.3 Å². The summed E-state index contributed by atoms with van der Waals surface area (Å²) in [6.07, 6.45) is 1.08. The molecule has 0 radical (unpaired) electrons. The van der Waals surface area contributed by atoms with Gasteiger partial charge in [0.2, 0.25) is 0 Å². The van der Waals surface area contributed by atoms with E-state index in [0.717, 1.165) is 24.1 Å². The number of hydrogen-bond donors (Lipinski definition) is 2. The number of benzene rings is 2. The smallest absolute Gasteiger partial charge is 0.188 e. The van der Waals surface area contributed by atoms with Gasteiger partial charge in [0.1, 0.15) is 0 Å². The fourth-order valence-corrected chi connectivity index (χ4v) is 2.42. The highest BCUT2D eigenvalue weighted by Gasteiger charge is 2.03. The molecule has 0 aliphatic carbocycles. The molecule has 0 spiro atoms. The minimum Gasteiger partial charge on any atom is -0.372 e. The van der Waals surface area contributed by atoms with Crippen LogP contribution in [0.25, 0.3) is 0 Å². The maximum Gasteiger partial charge on any atom is 0.188 e. The number of rotatable bonds is 9. The van der Waals surface area contributed by atoms with Crippen molar-refractivity contribution in [1.29, 1.82) is 0 Å². The number of ether oxygens (including phenoxy) is 1. The highest BCUT2D eigenvalue weighted by molar-refractivity contribution is 14.0. The molecule has 26 heavy (non-hydrogen) atoms. The molecule has 3 N–H and O–H groups in total. The predicted molar refractivity (Wildman–Crippen MR) is 120 cm³/mol. The first-order valence-electron chi connectivity index (χ1n) is 8.87. The fraction of sp³-hybridized carbons (Fsp3) is 0.381. The summed E-state index contributed by atoms with van der Waals surface area (Å²) in [6, 6.07) is 18.4. The topological polar surface area (TPSA) is 59.6 Å². The van der Waals surface area contributed by atoms with Crippen molar-refractivity contribution in [3.63, 3.8) is 0 Å². The van der Waals surface area contributed by atoms with Crippen molar-refractivity contribution in [2.75, 3.05) is 6.54 Å². The monoisotopic (exact) mass is 467 g/mol. The van der Waals surface area contributed by atoms with Gasteiger partial charge in [0, 0.05) is 6.54 Å². The van der Waals surface area contributed by atoms with Crippen molar-refractivity contribution in [3.8, 4) is 0 Å². The number of nitrogens with zero attached hydrogens (tertiary/aromatic N) is 1. The Morgan fingerprint density at radius 1 is 1.00 bits per heavy atom. The van der Waals surface area contributed by atoms with Gasteiger partial charge in [-0.2, -0.15) is 0 Å². The third-order valence-electron chi connectivity index (χ3n) is 3.94. The van der Waals surface area contributed by atoms with E-state index in [2.05, 4.69) is 48.4 Å². The van der Waals surface area contributed by atoms with E-state index >= 15 is 0 Å². The number of halogens is 1. The zero-order chi connectivity index (χ0) is 17.9. The Balaban J connectivity index is 0.00000338. The van der Waals surface area contributed by atoms with Crippen molar-refractivity contribution in [2.45, 2.75) is 40.0 Å². The average Bonchev–Trinajstić information content (AvgIpc) is 2.61. The van der Waals surface area contributed by atoms with Crippen LogP contribution < -0.4 is 11.1 Å². The van der Waals surface area contributed by atoms with E-state index in [0.29, 0.717) is 31.6 Å². The third kappa shape index (κ3) is 8.67. The van der Waals surface area contributed by atoms with Gasteiger partial charge in [0.25, 0.3) is 0 Å². The van der Waals surface area contributed by atoms with Crippen molar-refractivity contribution in [3.05, 3.63) is 71.3 Å². The highest BCUT2D eigenvalue weighted by atomic mass is 127. The molecule has 0 aliphatic rings. The molecule has 2 rings (SSSR count). The second kappa shape index (κ2) is 12.7. The summed E-state index contributed by atoms with van der Waals surface area (Å²) in [5.74, 6) is 1.16. The number of nitrogens with one attached hydrogen (secondary N) is 1. The van der Waals surface area contributed by atoms with Crippen LogP contribution in [-0.4, -0.2) is 12.5 Å². The fourth-order valence-electron chi connectivity index (χ4n) is 2.42. The van der Waals surface area contributed by atoms with Gasteiger partial charge < -0.3 is 15.8 Å². The lowest BCUT2D eigenvalue weighted by Crippen LogP contribution is -2.32. The first kappa shape index (κ1) is 22.4. The molecule has 0 saturated carbocycles. The Morgan fingerprint density at radius 3 is 2.35 bits per heavy atom. The van der Waals surface area contributed by atoms with Crippen LogP contribution in [0.4, 0.5) is 0 Å². The molecule has 0 amide bonds. The van der Waals surface area contributed by atoms with Crippen LogP contribution in [-0.2, 0) is 24.5 Å². The van der Waals surface area contributed by atoms with Gasteiger partial charge in [-0.3, -0.25) is 0 Å². The predicted octanol–water partition coefficient (Wildman–Crippen LogP) is 4.47. The van der Waals surface area contributed by atoms with Gasteiger partial charge in [-0.1, -0.05) is 68.4 Å². The zero-order valence-electron chi connectivity index (χ0n) is 15.7. The first-order chi connectivity index (χ1) is 12.1. The van der Waals surface area contributed by atoms with Gasteiger partial charge in [-0.15, -0.1) is 24.0 Å². The Bertz CT molecular complexity index is 659. The number of nitrogens with two attached hydrogens (primary N) is 1. The Kier molecular flexibility index (Phi) is 11.0. The quantitative estimate of drug-likeness (QED) is 0.325. The summed E-state index contributed by atoms with van der Waals surface area (Å²) in [5.41, 5.74) is 9.41. The van der Waals surface area contributed by atoms with E-state index < -0.39 is 0 Å². The highest BCUT2D eigenvalue weighted by Crippen LogP contribution is 2.13. The Hall–Kier alpha value is -1.60. The second-order valence-corrected chi connectivity index (χ2v) is 6.56. The molecular weight excluding hydrogens is 437 g/mol. The molecule has 142 valence electrons. The molecule has 0 saturated heterocycles. The van der Waals surface area contributed by atoms with Crippen molar-refractivity contribution < 1.29 is 4.74 Å². The molecule has 0 bridgehead atoms. The minimum absolute atomic E-state index is 0. The first-order valence-corrected chi connectivity index (χ1v) is 8.87. The van der Waals surface area contributed by atoms with Crippen LogP contribution >= 0.6 is 24.0 Å². The second-order valence-electron chi connectivity index (χ2n) is 6.56. The van der Waals surface area contributed by atoms with E-state index in [4.69, 9.17) is 10.5 Å². The lowest BCUT2D eigenvalue weighted by atomic mass is 10.1. The number of hydrogen-bond acceptors (Lipinski definition) is 2. The number of aliphatic imine (C=N–C) groups is 1. The van der Waals surface area contributed by atoms with Crippen LogP contribution in [0, 0.1) is 5.92 Å². The maximum absolute atomic E-state index is 5.94. The minimum atomic E-state index is 0. The molecule has 0 atom stereocenters. The van der Waals surface area contributed by atoms with Crippen molar-refractivity contribution >= 4 is 29.9 Å². The Morgan fingerprint density at radius 2 is 1.65 bits per heavy atom. The summed E-state index contributed by atoms with van der Waals surface area (Å²) in [5, 5.41) is 3.16. The molecule has 0 aromatic heterocycles. The molecule has 4 nitrogen and oxygen atoms in total. The summed E-state index contributed by atoms with van der Waals surface area (Å²) in [4.78, 5) is 4.45. The normalized spacial score (nSPS) is 11.3. The molecule has 2 aromatic carbocycles. The van der Waals surface area contributed by atoms with Crippen LogP contribution in [0.15, 0.2) is 59.6 Å². The van der Waals surface area contributed by atoms with Gasteiger partial charge in [0.05, 0.1) is 19.8 Å². The van der Waals surface area contributed by atoms with Crippen LogP contribution in [0.5, 0.6) is 0 Å². The van der Waals surface area contributed by atoms with Crippen molar-refractivity contribution in [1.82, 2.24) is 5.32 Å². The summed E-state index contributed by atoms with van der Waals surface area (Å²) in [6.45, 7) is 6.99. The molecule has 0 fully saturated rings. The SMILES string of the molecule is CC(C)CCNC(N)=NCc1ccccc1COCc1ccccc1.I. The van der Waals surface area contributed by atoms with E-state index in [1.165, 1.54) is 5.56 Å². The summed E-state index contributed by atoms with van der Waals surface area (Å²) < 4.78 is 5.85. The molecule has 5 heteroatoms. The molecular formula is C21H30IN3O. The molecule has 0 unspecified atom stereocenters. The number of guanidine groups is 1. The standard InChI is InChI=1S/C21H29N3O.HI/c1-17(2)12-13-23-21(22)24-14-19-10-6-7-11-20(19)16-25-15-18-8-4-3-5-9-18;/h3-11,17H,12-16H2,1-2H3,(H3,22,23,24);1H. The van der Waals surface area contributed by atoms with Crippen LogP contribution in [0.2, 0.25) is 0 Å². The Labute approximate surface area is 174 Å². The maximum atomic E-state index is 5.94. The molecule has 0 heterocycles.